The van der Waals surface area contributed by atoms with Crippen LogP contribution in [0.4, 0.5) is 18.9 Å². The number of hydrogen-bond acceptors (Lipinski definition) is 5. The third-order valence-corrected chi connectivity index (χ3v) is 5.51. The van der Waals surface area contributed by atoms with Crippen LogP contribution in [0.5, 0.6) is 5.88 Å². The number of alkyl halides is 3. The van der Waals surface area contributed by atoms with Crippen LogP contribution in [-0.2, 0) is 23.8 Å². The number of nitrogens with zero attached hydrogens (tertiary/aromatic N) is 2. The summed E-state index contributed by atoms with van der Waals surface area (Å²) in [5.41, 5.74) is 3.06. The number of carbonyl (C=O) groups excluding carboxylic acids is 1. The summed E-state index contributed by atoms with van der Waals surface area (Å²) in [4.78, 5) is 20.6. The van der Waals surface area contributed by atoms with Crippen LogP contribution in [0.15, 0.2) is 54.4 Å². The van der Waals surface area contributed by atoms with Crippen molar-refractivity contribution in [3.8, 4) is 28.8 Å². The number of benzene rings is 1. The van der Waals surface area contributed by atoms with E-state index >= 15 is 0 Å². The number of amides is 1. The van der Waals surface area contributed by atoms with Gasteiger partial charge < -0.3 is 15.2 Å². The quantitative estimate of drug-likeness (QED) is 0.472. The molecule has 6 nitrogen and oxygen atoms in total. The highest BCUT2D eigenvalue weighted by Crippen LogP contribution is 2.36. The zero-order chi connectivity index (χ0) is 26.8. The van der Waals surface area contributed by atoms with Gasteiger partial charge in [-0.05, 0) is 48.7 Å². The molecule has 0 aliphatic heterocycles. The molecule has 0 atom stereocenters. The summed E-state index contributed by atoms with van der Waals surface area (Å²) < 4.78 is 44.2. The number of methoxy groups -OCH3 is 1. The van der Waals surface area contributed by atoms with Gasteiger partial charge in [0.2, 0.25) is 11.8 Å². The van der Waals surface area contributed by atoms with Gasteiger partial charge in [0.1, 0.15) is 11.2 Å². The van der Waals surface area contributed by atoms with Crippen molar-refractivity contribution < 1.29 is 27.8 Å². The molecule has 3 aromatic rings. The van der Waals surface area contributed by atoms with E-state index in [0.717, 1.165) is 47.3 Å². The fraction of sp³-hybridized carbons (Fsp3) is 0.250. The molecule has 0 saturated heterocycles. The van der Waals surface area contributed by atoms with E-state index in [1.165, 1.54) is 0 Å². The largest absolute Gasteiger partial charge is 0.481 e. The van der Waals surface area contributed by atoms with Crippen molar-refractivity contribution in [2.75, 3.05) is 12.4 Å². The monoisotopic (exact) mass is 507 g/mol. The second kappa shape index (κ2) is 10.1. The molecule has 2 aromatic heterocycles. The van der Waals surface area contributed by atoms with Crippen LogP contribution in [0, 0.1) is 11.8 Å². The molecular weight excluding hydrogens is 483 g/mol. The van der Waals surface area contributed by atoms with E-state index in [1.807, 2.05) is 24.3 Å². The summed E-state index contributed by atoms with van der Waals surface area (Å²) in [6, 6.07) is 10.1. The molecule has 37 heavy (non-hydrogen) atoms. The third-order valence-electron chi connectivity index (χ3n) is 5.51. The van der Waals surface area contributed by atoms with E-state index in [-0.39, 0.29) is 12.1 Å². The molecule has 0 bridgehead atoms. The number of fused-ring (bicyclic) bond motifs is 1. The highest BCUT2D eigenvalue weighted by Gasteiger charge is 2.35. The van der Waals surface area contributed by atoms with Crippen LogP contribution in [0.3, 0.4) is 0 Å². The second-order valence-corrected chi connectivity index (χ2v) is 9.12. The Bertz CT molecular complexity index is 1430. The number of rotatable bonds is 5. The fourth-order valence-corrected chi connectivity index (χ4v) is 3.77. The molecule has 2 heterocycles. The number of nitrogens with one attached hydrogen (secondary N) is 1. The number of halogens is 3. The van der Waals surface area contributed by atoms with E-state index in [4.69, 9.17) is 0 Å². The minimum atomic E-state index is -4.66. The second-order valence-electron chi connectivity index (χ2n) is 9.12. The van der Waals surface area contributed by atoms with Gasteiger partial charge in [0, 0.05) is 23.8 Å². The van der Waals surface area contributed by atoms with Gasteiger partial charge in [-0.3, -0.25) is 9.78 Å². The van der Waals surface area contributed by atoms with Crippen molar-refractivity contribution >= 4 is 17.7 Å². The predicted molar refractivity (Wildman–Crippen MR) is 134 cm³/mol. The molecular formula is C28H24F3N3O3. The van der Waals surface area contributed by atoms with Crippen LogP contribution >= 0.6 is 0 Å². The smallest absolute Gasteiger partial charge is 0.421 e. The molecule has 0 fully saturated rings. The number of aliphatic hydroxyl groups is 1. The Balaban J connectivity index is 1.43. The molecule has 1 amide bonds. The first-order chi connectivity index (χ1) is 17.4. The van der Waals surface area contributed by atoms with Gasteiger partial charge in [-0.2, -0.15) is 13.2 Å². The first-order valence-electron chi connectivity index (χ1n) is 11.4. The predicted octanol–water partition coefficient (Wildman–Crippen LogP) is 5.07. The summed E-state index contributed by atoms with van der Waals surface area (Å²) in [5.74, 6) is 4.78. The lowest BCUT2D eigenvalue weighted by Crippen LogP contribution is -2.16. The van der Waals surface area contributed by atoms with Crippen molar-refractivity contribution in [1.29, 1.82) is 0 Å². The first kappa shape index (κ1) is 25.9. The van der Waals surface area contributed by atoms with E-state index < -0.39 is 29.1 Å². The van der Waals surface area contributed by atoms with Crippen molar-refractivity contribution in [3.63, 3.8) is 0 Å². The van der Waals surface area contributed by atoms with Crippen LogP contribution in [0.25, 0.3) is 17.2 Å². The molecule has 4 rings (SSSR count). The molecule has 1 aliphatic carbocycles. The number of hydrogen-bond donors (Lipinski definition) is 2. The van der Waals surface area contributed by atoms with Crippen LogP contribution < -0.4 is 10.1 Å². The normalized spacial score (nSPS) is 12.8. The first-order valence-corrected chi connectivity index (χ1v) is 11.4. The average molecular weight is 508 g/mol. The maximum absolute atomic E-state index is 13.2. The van der Waals surface area contributed by atoms with Gasteiger partial charge >= 0.3 is 6.18 Å². The number of pyridine rings is 2. The lowest BCUT2D eigenvalue weighted by atomic mass is 10.0. The highest BCUT2D eigenvalue weighted by atomic mass is 19.4. The lowest BCUT2D eigenvalue weighted by molar-refractivity contribution is -0.139. The summed E-state index contributed by atoms with van der Waals surface area (Å²) in [6.07, 6.45) is 0.772. The van der Waals surface area contributed by atoms with Crippen LogP contribution in [-0.4, -0.2) is 33.7 Å². The number of aromatic nitrogens is 2. The Hall–Kier alpha value is -4.16. The molecule has 0 spiro atoms. The molecule has 0 unspecified atom stereocenters. The summed E-state index contributed by atoms with van der Waals surface area (Å²) in [6.45, 7) is 3.26. The van der Waals surface area contributed by atoms with Gasteiger partial charge in [0.15, 0.2) is 0 Å². The summed E-state index contributed by atoms with van der Waals surface area (Å²) in [5, 5.41) is 12.3. The lowest BCUT2D eigenvalue weighted by Gasteiger charge is -2.13. The van der Waals surface area contributed by atoms with Gasteiger partial charge in [-0.25, -0.2) is 4.98 Å². The van der Waals surface area contributed by atoms with Gasteiger partial charge in [-0.15, -0.1) is 0 Å². The minimum absolute atomic E-state index is 0.0257. The van der Waals surface area contributed by atoms with Gasteiger partial charge in [0.25, 0.3) is 0 Å². The van der Waals surface area contributed by atoms with Crippen molar-refractivity contribution in [2.24, 2.45) is 0 Å². The van der Waals surface area contributed by atoms with Crippen LogP contribution in [0.1, 0.15) is 36.2 Å². The van der Waals surface area contributed by atoms with E-state index in [9.17, 15) is 23.1 Å². The molecule has 2 N–H and O–H groups in total. The Labute approximate surface area is 212 Å². The molecule has 9 heteroatoms. The summed E-state index contributed by atoms with van der Waals surface area (Å²) in [7, 11) is 1.10. The zero-order valence-corrected chi connectivity index (χ0v) is 20.4. The third kappa shape index (κ3) is 6.54. The topological polar surface area (TPSA) is 84.3 Å². The maximum Gasteiger partial charge on any atom is 0.421 e. The molecule has 1 aliphatic rings. The zero-order valence-electron chi connectivity index (χ0n) is 20.4. The maximum atomic E-state index is 13.2. The highest BCUT2D eigenvalue weighted by molar-refractivity contribution is 5.92. The molecule has 190 valence electrons. The van der Waals surface area contributed by atoms with E-state index in [0.29, 0.717) is 12.0 Å². The fourth-order valence-electron chi connectivity index (χ4n) is 3.77. The van der Waals surface area contributed by atoms with Gasteiger partial charge in [-0.1, -0.05) is 36.1 Å². The number of anilines is 1. The molecule has 1 aromatic carbocycles. The average Bonchev–Trinajstić information content (AvgIpc) is 3.24. The van der Waals surface area contributed by atoms with Crippen molar-refractivity contribution in [1.82, 2.24) is 9.97 Å². The standard InChI is InChI=1S/C28H24F3N3O3/c1-27(2,36)9-8-18-10-20-13-21(15-32-24(20)11-18)19-6-4-17(5-7-19)12-25(35)34-22-14-23(28(29,30)31)26(37-3)33-16-22/h4-7,10,13-16,36H,11-12H2,1-3H3,(H,34,35). The Morgan fingerprint density at radius 1 is 1.11 bits per heavy atom. The van der Waals surface area contributed by atoms with Crippen molar-refractivity contribution in [2.45, 2.75) is 38.5 Å². The molecule has 0 radical (unpaired) electrons. The summed E-state index contributed by atoms with van der Waals surface area (Å²) >= 11 is 0. The van der Waals surface area contributed by atoms with E-state index in [1.54, 1.807) is 32.2 Å². The molecule has 0 saturated carbocycles. The Kier molecular flexibility index (Phi) is 7.05. The van der Waals surface area contributed by atoms with Gasteiger partial charge in [0.05, 0.1) is 31.1 Å². The Morgan fingerprint density at radius 3 is 2.49 bits per heavy atom. The number of allylic oxidation sites excluding steroid dienone is 1. The van der Waals surface area contributed by atoms with Crippen LogP contribution in [0.2, 0.25) is 0 Å². The number of ether oxygens (including phenoxy) is 1. The van der Waals surface area contributed by atoms with Crippen molar-refractivity contribution in [3.05, 3.63) is 76.7 Å². The SMILES string of the molecule is COc1ncc(NC(=O)Cc2ccc(-c3cnc4c(c3)C=C(C#CC(C)(C)O)C4)cc2)cc1C(F)(F)F. The Morgan fingerprint density at radius 2 is 1.84 bits per heavy atom. The minimum Gasteiger partial charge on any atom is -0.481 e. The number of carbonyl (C=O) groups is 1. The van der Waals surface area contributed by atoms with E-state index in [2.05, 4.69) is 31.9 Å².